The predicted molar refractivity (Wildman–Crippen MR) is 124 cm³/mol. The number of carboxylic acid groups (broad SMARTS) is 2. The summed E-state index contributed by atoms with van der Waals surface area (Å²) in [5, 5.41) is 36.7. The fourth-order valence-corrected chi connectivity index (χ4v) is 2.60. The number of nitrogens with zero attached hydrogens (tertiary/aromatic N) is 2. The van der Waals surface area contributed by atoms with Crippen molar-refractivity contribution in [2.75, 3.05) is 0 Å². The number of rotatable bonds is 10. The number of aliphatic imine (C=N–C) groups is 2. The number of carboxylic acids is 2. The Kier molecular flexibility index (Phi) is 14.9. The van der Waals surface area contributed by atoms with Crippen molar-refractivity contribution in [2.45, 2.75) is 51.6 Å². The van der Waals surface area contributed by atoms with E-state index < -0.39 is 24.0 Å². The Bertz CT molecular complexity index is 857. The van der Waals surface area contributed by atoms with Crippen LogP contribution in [-0.4, -0.2) is 56.9 Å². The minimum atomic E-state index is -0.937. The summed E-state index contributed by atoms with van der Waals surface area (Å²) in [5.41, 5.74) is 1.06. The van der Waals surface area contributed by atoms with E-state index >= 15 is 0 Å². The number of carbonyl (C=O) groups is 2. The molecule has 180 valence electrons. The summed E-state index contributed by atoms with van der Waals surface area (Å²) >= 11 is 0. The average Bonchev–Trinajstić information content (AvgIpc) is 2.76. The molecule has 4 N–H and O–H groups in total. The van der Waals surface area contributed by atoms with E-state index in [9.17, 15) is 19.8 Å². The van der Waals surface area contributed by atoms with E-state index in [0.29, 0.717) is 24.0 Å². The zero-order valence-electron chi connectivity index (χ0n) is 18.6. The van der Waals surface area contributed by atoms with Crippen molar-refractivity contribution in [3.05, 3.63) is 59.7 Å². The fourth-order valence-electron chi connectivity index (χ4n) is 2.60. The minimum Gasteiger partial charge on any atom is -0.507 e. The second-order valence-corrected chi connectivity index (χ2v) is 6.96. The molecule has 0 heterocycles. The maximum absolute atomic E-state index is 10.8. The average molecular weight is 498 g/mol. The van der Waals surface area contributed by atoms with E-state index in [1.54, 1.807) is 36.4 Å². The van der Waals surface area contributed by atoms with E-state index in [4.69, 9.17) is 10.2 Å². The third-order valence-corrected chi connectivity index (χ3v) is 4.35. The number of para-hydroxylation sites is 2. The van der Waals surface area contributed by atoms with Crippen LogP contribution >= 0.6 is 0 Å². The Morgan fingerprint density at radius 1 is 0.758 bits per heavy atom. The number of aromatic hydroxyl groups is 2. The second kappa shape index (κ2) is 16.5. The molecule has 0 spiro atoms. The Balaban J connectivity index is 0.000000602. The Labute approximate surface area is 204 Å². The van der Waals surface area contributed by atoms with Crippen LogP contribution in [0.5, 0.6) is 11.5 Å². The summed E-state index contributed by atoms with van der Waals surface area (Å²) in [4.78, 5) is 29.6. The van der Waals surface area contributed by atoms with E-state index in [1.807, 2.05) is 13.8 Å². The molecule has 0 aliphatic rings. The van der Waals surface area contributed by atoms with Crippen LogP contribution in [0.3, 0.4) is 0 Å². The molecule has 2 unspecified atom stereocenters. The van der Waals surface area contributed by atoms with Gasteiger partial charge in [0.25, 0.3) is 0 Å². The quantitative estimate of drug-likeness (QED) is 0.287. The molecule has 0 saturated heterocycles. The van der Waals surface area contributed by atoms with Crippen molar-refractivity contribution < 1.29 is 47.1 Å². The van der Waals surface area contributed by atoms with Crippen LogP contribution in [0.25, 0.3) is 0 Å². The molecule has 33 heavy (non-hydrogen) atoms. The molecule has 0 fully saturated rings. The Morgan fingerprint density at radius 3 is 1.36 bits per heavy atom. The van der Waals surface area contributed by atoms with Gasteiger partial charge in [0.2, 0.25) is 0 Å². The summed E-state index contributed by atoms with van der Waals surface area (Å²) < 4.78 is 0. The van der Waals surface area contributed by atoms with E-state index in [2.05, 4.69) is 9.98 Å². The topological polar surface area (TPSA) is 140 Å². The van der Waals surface area contributed by atoms with Crippen molar-refractivity contribution in [2.24, 2.45) is 9.98 Å². The Morgan fingerprint density at radius 2 is 1.09 bits per heavy atom. The molecular formula is C24H30FeN2O6. The number of phenols is 2. The van der Waals surface area contributed by atoms with Crippen molar-refractivity contribution in [3.63, 3.8) is 0 Å². The van der Waals surface area contributed by atoms with Gasteiger partial charge in [0.1, 0.15) is 23.6 Å². The van der Waals surface area contributed by atoms with Gasteiger partial charge in [-0.1, -0.05) is 51.0 Å². The van der Waals surface area contributed by atoms with Crippen molar-refractivity contribution in [1.82, 2.24) is 0 Å². The van der Waals surface area contributed by atoms with Gasteiger partial charge in [-0.15, -0.1) is 0 Å². The molecule has 0 aliphatic heterocycles. The van der Waals surface area contributed by atoms with Crippen LogP contribution in [0.1, 0.15) is 50.7 Å². The smallest absolute Gasteiger partial charge is 0.328 e. The van der Waals surface area contributed by atoms with Crippen LogP contribution in [-0.2, 0) is 26.7 Å². The normalized spacial score (nSPS) is 12.4. The maximum atomic E-state index is 10.8. The molecule has 0 aromatic heterocycles. The monoisotopic (exact) mass is 498 g/mol. The van der Waals surface area contributed by atoms with Gasteiger partial charge >= 0.3 is 11.9 Å². The van der Waals surface area contributed by atoms with E-state index in [0.717, 1.165) is 12.8 Å². The molecule has 0 bridgehead atoms. The molecule has 2 aromatic carbocycles. The third-order valence-electron chi connectivity index (χ3n) is 4.35. The molecule has 9 heteroatoms. The summed E-state index contributed by atoms with van der Waals surface area (Å²) in [5.74, 6) is -1.67. The molecule has 2 rings (SSSR count). The second-order valence-electron chi connectivity index (χ2n) is 6.96. The summed E-state index contributed by atoms with van der Waals surface area (Å²) in [7, 11) is 0. The molecule has 0 radical (unpaired) electrons. The number of aliphatic carboxylic acids is 2. The fraction of sp³-hybridized carbons (Fsp3) is 0.333. The first-order chi connectivity index (χ1) is 15.3. The standard InChI is InChI=1S/2C12H15NO3.Fe/c2*1-2-5-10(12(15)16)13-8-9-6-3-4-7-11(9)14;/h2*3-4,6-8,10,14H,2,5H2,1H3,(H,15,16);. The largest absolute Gasteiger partial charge is 0.507 e. The molecule has 0 aliphatic carbocycles. The van der Waals surface area contributed by atoms with Gasteiger partial charge in [-0.25, -0.2) is 9.59 Å². The SMILES string of the molecule is CCCC(N=Cc1ccccc1O)C(=O)O.CCCC(N=Cc1ccccc1O)C(=O)O.[Fe]. The predicted octanol–water partition coefficient (Wildman–Crippen LogP) is 4.13. The zero-order chi connectivity index (χ0) is 23.9. The first-order valence-electron chi connectivity index (χ1n) is 10.4. The number of hydrogen-bond donors (Lipinski definition) is 4. The van der Waals surface area contributed by atoms with E-state index in [1.165, 1.54) is 24.6 Å². The van der Waals surface area contributed by atoms with Gasteiger partial charge < -0.3 is 20.4 Å². The van der Waals surface area contributed by atoms with Gasteiger partial charge in [0.05, 0.1) is 0 Å². The van der Waals surface area contributed by atoms with E-state index in [-0.39, 0.29) is 28.6 Å². The molecule has 0 saturated carbocycles. The van der Waals surface area contributed by atoms with Gasteiger partial charge in [0, 0.05) is 40.6 Å². The summed E-state index contributed by atoms with van der Waals surface area (Å²) in [6, 6.07) is 11.9. The van der Waals surface area contributed by atoms with Gasteiger partial charge in [-0.3, -0.25) is 9.98 Å². The molecular weight excluding hydrogens is 468 g/mol. The molecule has 2 aromatic rings. The van der Waals surface area contributed by atoms with Gasteiger partial charge in [-0.2, -0.15) is 0 Å². The third kappa shape index (κ3) is 11.3. The van der Waals surface area contributed by atoms with Crippen LogP contribution in [0.4, 0.5) is 0 Å². The van der Waals surface area contributed by atoms with Gasteiger partial charge in [-0.05, 0) is 37.1 Å². The number of phenolic OH excluding ortho intramolecular Hbond substituents is 2. The molecule has 8 nitrogen and oxygen atoms in total. The van der Waals surface area contributed by atoms with Crippen molar-refractivity contribution in [3.8, 4) is 11.5 Å². The van der Waals surface area contributed by atoms with Crippen LogP contribution in [0.2, 0.25) is 0 Å². The number of hydrogen-bond acceptors (Lipinski definition) is 6. The first kappa shape index (κ1) is 29.8. The van der Waals surface area contributed by atoms with Crippen LogP contribution < -0.4 is 0 Å². The molecule has 0 amide bonds. The summed E-state index contributed by atoms with van der Waals surface area (Å²) in [6.07, 6.45) is 5.33. The van der Waals surface area contributed by atoms with Crippen molar-refractivity contribution in [1.29, 1.82) is 0 Å². The van der Waals surface area contributed by atoms with Crippen LogP contribution in [0, 0.1) is 0 Å². The minimum absolute atomic E-state index is 0. The Hall–Kier alpha value is -3.16. The first-order valence-corrected chi connectivity index (χ1v) is 10.4. The number of benzene rings is 2. The zero-order valence-corrected chi connectivity index (χ0v) is 19.7. The molecule has 2 atom stereocenters. The maximum Gasteiger partial charge on any atom is 0.328 e. The van der Waals surface area contributed by atoms with Gasteiger partial charge in [0.15, 0.2) is 0 Å². The summed E-state index contributed by atoms with van der Waals surface area (Å²) in [6.45, 7) is 3.82. The van der Waals surface area contributed by atoms with Crippen LogP contribution in [0.15, 0.2) is 58.5 Å². The van der Waals surface area contributed by atoms with Crippen molar-refractivity contribution >= 4 is 24.4 Å².